The lowest BCUT2D eigenvalue weighted by molar-refractivity contribution is -0.137. The summed E-state index contributed by atoms with van der Waals surface area (Å²) in [5, 5.41) is 0. The van der Waals surface area contributed by atoms with Gasteiger partial charge in [-0.3, -0.25) is 4.79 Å². The van der Waals surface area contributed by atoms with E-state index in [9.17, 15) is 4.79 Å². The first-order valence-corrected chi connectivity index (χ1v) is 8.70. The van der Waals surface area contributed by atoms with Crippen LogP contribution in [0.5, 0.6) is 0 Å². The molecule has 1 heterocycles. The maximum absolute atomic E-state index is 12.6. The monoisotopic (exact) mass is 284 g/mol. The third kappa shape index (κ3) is 3.46. The lowest BCUT2D eigenvalue weighted by atomic mass is 9.87. The first-order valence-electron chi connectivity index (χ1n) is 7.71. The van der Waals surface area contributed by atoms with E-state index in [4.69, 9.17) is 5.73 Å². The largest absolute Gasteiger partial charge is 0.339 e. The first kappa shape index (κ1) is 15.2. The number of hydrogen-bond acceptors (Lipinski definition) is 3. The summed E-state index contributed by atoms with van der Waals surface area (Å²) in [5.41, 5.74) is 5.55. The summed E-state index contributed by atoms with van der Waals surface area (Å²) < 4.78 is 0.342. The van der Waals surface area contributed by atoms with Gasteiger partial charge in [-0.15, -0.1) is 0 Å². The van der Waals surface area contributed by atoms with Crippen LogP contribution in [0.15, 0.2) is 0 Å². The van der Waals surface area contributed by atoms with Gasteiger partial charge in [0.15, 0.2) is 0 Å². The van der Waals surface area contributed by atoms with Gasteiger partial charge >= 0.3 is 0 Å². The Balaban J connectivity index is 2.02. The summed E-state index contributed by atoms with van der Waals surface area (Å²) in [6.07, 6.45) is 8.30. The maximum Gasteiger partial charge on any atom is 0.242 e. The average Bonchev–Trinajstić information content (AvgIpc) is 2.39. The van der Waals surface area contributed by atoms with Gasteiger partial charge in [0.05, 0.1) is 5.54 Å². The zero-order chi connectivity index (χ0) is 13.9. The molecule has 2 fully saturated rings. The Morgan fingerprint density at radius 1 is 1.37 bits per heavy atom. The van der Waals surface area contributed by atoms with Crippen LogP contribution in [-0.2, 0) is 4.79 Å². The van der Waals surface area contributed by atoms with Crippen LogP contribution in [0.3, 0.4) is 0 Å². The van der Waals surface area contributed by atoms with Crippen molar-refractivity contribution in [1.29, 1.82) is 0 Å². The highest BCUT2D eigenvalue weighted by atomic mass is 32.2. The number of hydrogen-bond donors (Lipinski definition) is 1. The van der Waals surface area contributed by atoms with E-state index in [1.54, 1.807) is 0 Å². The number of rotatable bonds is 3. The molecule has 0 bridgehead atoms. The van der Waals surface area contributed by atoms with E-state index in [0.717, 1.165) is 31.7 Å². The number of thioether (sulfide) groups is 1. The Bertz CT molecular complexity index is 319. The van der Waals surface area contributed by atoms with E-state index in [-0.39, 0.29) is 5.91 Å². The van der Waals surface area contributed by atoms with Crippen LogP contribution in [-0.4, -0.2) is 39.9 Å². The smallest absolute Gasteiger partial charge is 0.242 e. The molecule has 3 nitrogen and oxygen atoms in total. The summed E-state index contributed by atoms with van der Waals surface area (Å²) in [6, 6.07) is 0. The van der Waals surface area contributed by atoms with Crippen molar-refractivity contribution in [3.8, 4) is 0 Å². The molecule has 4 heteroatoms. The summed E-state index contributed by atoms with van der Waals surface area (Å²) in [5.74, 6) is 1.24. The van der Waals surface area contributed by atoms with Crippen molar-refractivity contribution in [2.75, 3.05) is 18.8 Å². The Hall–Kier alpha value is -0.220. The van der Waals surface area contributed by atoms with Crippen molar-refractivity contribution in [1.82, 2.24) is 4.90 Å². The van der Waals surface area contributed by atoms with E-state index < -0.39 is 5.54 Å². The zero-order valence-corrected chi connectivity index (χ0v) is 13.2. The highest BCUT2D eigenvalue weighted by Crippen LogP contribution is 2.43. The molecule has 1 spiro atoms. The molecule has 1 atom stereocenters. The molecule has 1 saturated heterocycles. The molecule has 19 heavy (non-hydrogen) atoms. The molecule has 2 N–H and O–H groups in total. The number of amides is 1. The minimum Gasteiger partial charge on any atom is -0.339 e. The fraction of sp³-hybridized carbons (Fsp3) is 0.933. The number of carbonyl (C=O) groups excluding carboxylic acids is 1. The van der Waals surface area contributed by atoms with Gasteiger partial charge in [-0.25, -0.2) is 0 Å². The quantitative estimate of drug-likeness (QED) is 0.867. The van der Waals surface area contributed by atoms with E-state index in [0.29, 0.717) is 4.75 Å². The predicted molar refractivity (Wildman–Crippen MR) is 82.4 cm³/mol. The normalized spacial score (nSPS) is 26.2. The third-order valence-electron chi connectivity index (χ3n) is 4.56. The summed E-state index contributed by atoms with van der Waals surface area (Å²) in [7, 11) is 0. The molecule has 1 saturated carbocycles. The number of carbonyl (C=O) groups is 1. The molecular formula is C15H28N2OS. The molecule has 2 rings (SSSR count). The lowest BCUT2D eigenvalue weighted by Crippen LogP contribution is -2.58. The summed E-state index contributed by atoms with van der Waals surface area (Å²) >= 11 is 2.10. The van der Waals surface area contributed by atoms with Crippen LogP contribution in [0.1, 0.15) is 58.8 Å². The molecule has 2 aliphatic rings. The van der Waals surface area contributed by atoms with Gasteiger partial charge in [-0.2, -0.15) is 11.8 Å². The average molecular weight is 284 g/mol. The molecular weight excluding hydrogens is 256 g/mol. The van der Waals surface area contributed by atoms with E-state index >= 15 is 0 Å². The highest BCUT2D eigenvalue weighted by Gasteiger charge is 2.41. The maximum atomic E-state index is 12.6. The van der Waals surface area contributed by atoms with Gasteiger partial charge in [0, 0.05) is 23.6 Å². The Kier molecular flexibility index (Phi) is 4.83. The SMILES string of the molecule is CCCC(C)(N)C(=O)N1CCSC2(CCCCC2)C1. The van der Waals surface area contributed by atoms with Crippen molar-refractivity contribution >= 4 is 17.7 Å². The Morgan fingerprint density at radius 2 is 2.05 bits per heavy atom. The number of nitrogens with two attached hydrogens (primary N) is 1. The van der Waals surface area contributed by atoms with Gasteiger partial charge in [0.1, 0.15) is 0 Å². The first-order chi connectivity index (χ1) is 8.99. The van der Waals surface area contributed by atoms with Gasteiger partial charge in [0.2, 0.25) is 5.91 Å². The van der Waals surface area contributed by atoms with Crippen molar-refractivity contribution in [2.24, 2.45) is 5.73 Å². The van der Waals surface area contributed by atoms with Crippen molar-refractivity contribution in [3.05, 3.63) is 0 Å². The number of nitrogens with zero attached hydrogens (tertiary/aromatic N) is 1. The second kappa shape index (κ2) is 6.04. The highest BCUT2D eigenvalue weighted by molar-refractivity contribution is 8.00. The van der Waals surface area contributed by atoms with Crippen LogP contribution in [0.4, 0.5) is 0 Å². The van der Waals surface area contributed by atoms with Crippen molar-refractivity contribution in [3.63, 3.8) is 0 Å². The Morgan fingerprint density at radius 3 is 2.68 bits per heavy atom. The minimum atomic E-state index is -0.674. The van der Waals surface area contributed by atoms with Gasteiger partial charge in [0.25, 0.3) is 0 Å². The summed E-state index contributed by atoms with van der Waals surface area (Å²) in [6.45, 7) is 5.79. The van der Waals surface area contributed by atoms with Crippen LogP contribution in [0.2, 0.25) is 0 Å². The van der Waals surface area contributed by atoms with Crippen LogP contribution in [0, 0.1) is 0 Å². The van der Waals surface area contributed by atoms with E-state index in [2.05, 4.69) is 23.6 Å². The van der Waals surface area contributed by atoms with Crippen LogP contribution >= 0.6 is 11.8 Å². The second-order valence-electron chi connectivity index (χ2n) is 6.49. The zero-order valence-electron chi connectivity index (χ0n) is 12.4. The minimum absolute atomic E-state index is 0.166. The lowest BCUT2D eigenvalue weighted by Gasteiger charge is -2.46. The molecule has 0 aromatic rings. The molecule has 0 radical (unpaired) electrons. The fourth-order valence-corrected chi connectivity index (χ4v) is 5.07. The molecule has 0 aromatic heterocycles. The molecule has 1 aliphatic carbocycles. The van der Waals surface area contributed by atoms with Crippen molar-refractivity contribution < 1.29 is 4.79 Å². The Labute approximate surface area is 121 Å². The van der Waals surface area contributed by atoms with Gasteiger partial charge in [-0.1, -0.05) is 32.6 Å². The third-order valence-corrected chi connectivity index (χ3v) is 6.09. The summed E-state index contributed by atoms with van der Waals surface area (Å²) in [4.78, 5) is 14.7. The van der Waals surface area contributed by atoms with Crippen LogP contribution < -0.4 is 5.73 Å². The standard InChI is InChI=1S/C15H28N2OS/c1-3-7-14(2,16)13(18)17-10-11-19-15(12-17)8-5-4-6-9-15/h3-12,16H2,1-2H3. The van der Waals surface area contributed by atoms with Crippen molar-refractivity contribution in [2.45, 2.75) is 69.1 Å². The molecule has 1 aliphatic heterocycles. The van der Waals surface area contributed by atoms with E-state index in [1.807, 2.05) is 6.92 Å². The van der Waals surface area contributed by atoms with Gasteiger partial charge in [-0.05, 0) is 26.2 Å². The predicted octanol–water partition coefficient (Wildman–Crippen LogP) is 2.78. The molecule has 110 valence electrons. The molecule has 1 unspecified atom stereocenters. The van der Waals surface area contributed by atoms with E-state index in [1.165, 1.54) is 32.1 Å². The molecule has 1 amide bonds. The molecule has 0 aromatic carbocycles. The fourth-order valence-electron chi connectivity index (χ4n) is 3.50. The van der Waals surface area contributed by atoms with Gasteiger partial charge < -0.3 is 10.6 Å². The topological polar surface area (TPSA) is 46.3 Å². The van der Waals surface area contributed by atoms with Crippen LogP contribution in [0.25, 0.3) is 0 Å². The second-order valence-corrected chi connectivity index (χ2v) is 8.05.